The average molecular weight is 410 g/mol. The van der Waals surface area contributed by atoms with E-state index in [1.807, 2.05) is 31.2 Å². The van der Waals surface area contributed by atoms with Gasteiger partial charge in [0.05, 0.1) is 19.3 Å². The van der Waals surface area contributed by atoms with Crippen molar-refractivity contribution >= 4 is 11.6 Å². The number of hydrogen-bond acceptors (Lipinski definition) is 5. The number of rotatable bonds is 7. The first kappa shape index (κ1) is 20.7. The molecule has 0 saturated carbocycles. The molecular formula is C24H31N3O3. The van der Waals surface area contributed by atoms with Gasteiger partial charge in [-0.2, -0.15) is 0 Å². The smallest absolute Gasteiger partial charge is 0.258 e. The van der Waals surface area contributed by atoms with Crippen molar-refractivity contribution in [1.82, 2.24) is 10.2 Å². The highest BCUT2D eigenvalue weighted by Crippen LogP contribution is 2.31. The van der Waals surface area contributed by atoms with Gasteiger partial charge in [-0.05, 0) is 48.2 Å². The molecule has 30 heavy (non-hydrogen) atoms. The highest BCUT2D eigenvalue weighted by atomic mass is 16.5. The summed E-state index contributed by atoms with van der Waals surface area (Å²) in [6.07, 6.45) is 1.08. The SMILES string of the molecule is Cc1cccc(OCC(=O)NC[C@@H](c2ccc3c(c2)CCN3C)N2CCOCC2)c1. The fraction of sp³-hybridized carbons (Fsp3) is 0.458. The van der Waals surface area contributed by atoms with Crippen LogP contribution in [-0.2, 0) is 16.0 Å². The van der Waals surface area contributed by atoms with Crippen LogP contribution in [0.5, 0.6) is 5.75 Å². The first-order chi connectivity index (χ1) is 14.6. The Morgan fingerprint density at radius 2 is 2.00 bits per heavy atom. The molecule has 1 N–H and O–H groups in total. The molecule has 6 nitrogen and oxygen atoms in total. The van der Waals surface area contributed by atoms with E-state index in [4.69, 9.17) is 9.47 Å². The molecule has 2 aromatic carbocycles. The van der Waals surface area contributed by atoms with E-state index in [0.29, 0.717) is 6.54 Å². The van der Waals surface area contributed by atoms with Gasteiger partial charge in [-0.15, -0.1) is 0 Å². The Hall–Kier alpha value is -2.57. The molecular weight excluding hydrogens is 378 g/mol. The number of benzene rings is 2. The van der Waals surface area contributed by atoms with Gasteiger partial charge in [-0.25, -0.2) is 0 Å². The number of carbonyl (C=O) groups is 1. The minimum absolute atomic E-state index is 0.0221. The number of likely N-dealkylation sites (N-methyl/N-ethyl adjacent to an activating group) is 1. The number of hydrogen-bond donors (Lipinski definition) is 1. The Bertz CT molecular complexity index is 880. The molecule has 2 aromatic rings. The summed E-state index contributed by atoms with van der Waals surface area (Å²) in [6, 6.07) is 14.6. The molecule has 6 heteroatoms. The van der Waals surface area contributed by atoms with Crippen LogP contribution in [0.4, 0.5) is 5.69 Å². The lowest BCUT2D eigenvalue weighted by Crippen LogP contribution is -2.44. The molecule has 0 radical (unpaired) electrons. The number of aryl methyl sites for hydroxylation is 1. The quantitative estimate of drug-likeness (QED) is 0.762. The second-order valence-corrected chi connectivity index (χ2v) is 8.13. The zero-order valence-corrected chi connectivity index (χ0v) is 17.9. The van der Waals surface area contributed by atoms with Crippen molar-refractivity contribution in [3.05, 3.63) is 59.2 Å². The first-order valence-electron chi connectivity index (χ1n) is 10.7. The summed E-state index contributed by atoms with van der Waals surface area (Å²) in [5.74, 6) is 0.619. The Labute approximate surface area is 178 Å². The molecule has 0 spiro atoms. The third kappa shape index (κ3) is 4.94. The molecule has 2 aliphatic rings. The van der Waals surface area contributed by atoms with Crippen LogP contribution in [0.25, 0.3) is 0 Å². The number of anilines is 1. The Morgan fingerprint density at radius 3 is 2.80 bits per heavy atom. The van der Waals surface area contributed by atoms with Crippen LogP contribution in [0.3, 0.4) is 0 Å². The minimum Gasteiger partial charge on any atom is -0.484 e. The van der Waals surface area contributed by atoms with E-state index in [9.17, 15) is 4.79 Å². The lowest BCUT2D eigenvalue weighted by molar-refractivity contribution is -0.123. The molecule has 0 aromatic heterocycles. The molecule has 1 saturated heterocycles. The zero-order valence-electron chi connectivity index (χ0n) is 17.9. The van der Waals surface area contributed by atoms with Crippen molar-refractivity contribution in [3.8, 4) is 5.75 Å². The second kappa shape index (κ2) is 9.49. The highest BCUT2D eigenvalue weighted by molar-refractivity contribution is 5.77. The van der Waals surface area contributed by atoms with E-state index < -0.39 is 0 Å². The fourth-order valence-electron chi connectivity index (χ4n) is 4.26. The van der Waals surface area contributed by atoms with E-state index >= 15 is 0 Å². The van der Waals surface area contributed by atoms with Crippen molar-refractivity contribution in [2.45, 2.75) is 19.4 Å². The van der Waals surface area contributed by atoms with Crippen molar-refractivity contribution in [2.75, 3.05) is 57.9 Å². The fourth-order valence-corrected chi connectivity index (χ4v) is 4.26. The Morgan fingerprint density at radius 1 is 1.17 bits per heavy atom. The minimum atomic E-state index is -0.101. The Balaban J connectivity index is 1.41. The van der Waals surface area contributed by atoms with E-state index in [2.05, 4.69) is 40.4 Å². The highest BCUT2D eigenvalue weighted by Gasteiger charge is 2.25. The number of nitrogens with zero attached hydrogens (tertiary/aromatic N) is 2. The number of fused-ring (bicyclic) bond motifs is 1. The van der Waals surface area contributed by atoms with Gasteiger partial charge in [0.25, 0.3) is 5.91 Å². The second-order valence-electron chi connectivity index (χ2n) is 8.13. The van der Waals surface area contributed by atoms with Crippen molar-refractivity contribution in [3.63, 3.8) is 0 Å². The number of morpholine rings is 1. The summed E-state index contributed by atoms with van der Waals surface area (Å²) < 4.78 is 11.2. The molecule has 4 rings (SSSR count). The maximum Gasteiger partial charge on any atom is 0.258 e. The largest absolute Gasteiger partial charge is 0.484 e. The maximum absolute atomic E-state index is 12.5. The molecule has 1 fully saturated rings. The summed E-state index contributed by atoms with van der Waals surface area (Å²) in [7, 11) is 2.14. The van der Waals surface area contributed by atoms with Gasteiger partial charge in [0.2, 0.25) is 0 Å². The van der Waals surface area contributed by atoms with Crippen molar-refractivity contribution in [2.24, 2.45) is 0 Å². The monoisotopic (exact) mass is 409 g/mol. The third-order valence-corrected chi connectivity index (χ3v) is 5.95. The molecule has 1 atom stereocenters. The molecule has 0 unspecified atom stereocenters. The lowest BCUT2D eigenvalue weighted by Gasteiger charge is -2.35. The Kier molecular flexibility index (Phi) is 6.55. The molecule has 0 bridgehead atoms. The lowest BCUT2D eigenvalue weighted by atomic mass is 10.0. The van der Waals surface area contributed by atoms with Crippen LogP contribution in [-0.4, -0.2) is 63.9 Å². The van der Waals surface area contributed by atoms with E-state index in [1.54, 1.807) is 0 Å². The summed E-state index contributed by atoms with van der Waals surface area (Å²) in [5.41, 5.74) is 5.07. The van der Waals surface area contributed by atoms with Gasteiger partial charge in [0, 0.05) is 38.9 Å². The van der Waals surface area contributed by atoms with Crippen LogP contribution in [0.1, 0.15) is 22.7 Å². The van der Waals surface area contributed by atoms with Crippen LogP contribution in [0, 0.1) is 6.92 Å². The first-order valence-corrected chi connectivity index (χ1v) is 10.7. The van der Waals surface area contributed by atoms with Gasteiger partial charge in [-0.1, -0.05) is 24.3 Å². The van der Waals surface area contributed by atoms with Gasteiger partial charge in [-0.3, -0.25) is 9.69 Å². The van der Waals surface area contributed by atoms with Crippen LogP contribution in [0.2, 0.25) is 0 Å². The predicted molar refractivity (Wildman–Crippen MR) is 118 cm³/mol. The van der Waals surface area contributed by atoms with E-state index in [-0.39, 0.29) is 18.6 Å². The normalized spacial score (nSPS) is 17.5. The van der Waals surface area contributed by atoms with Gasteiger partial charge in [0.1, 0.15) is 5.75 Å². The third-order valence-electron chi connectivity index (χ3n) is 5.95. The van der Waals surface area contributed by atoms with Crippen molar-refractivity contribution < 1.29 is 14.3 Å². The van der Waals surface area contributed by atoms with E-state index in [1.165, 1.54) is 16.8 Å². The van der Waals surface area contributed by atoms with E-state index in [0.717, 1.165) is 50.6 Å². The predicted octanol–water partition coefficient (Wildman–Crippen LogP) is 2.56. The number of carbonyl (C=O) groups excluding carboxylic acids is 1. The topological polar surface area (TPSA) is 54.0 Å². The molecule has 2 heterocycles. The maximum atomic E-state index is 12.5. The zero-order chi connectivity index (χ0) is 20.9. The summed E-state index contributed by atoms with van der Waals surface area (Å²) >= 11 is 0. The molecule has 160 valence electrons. The van der Waals surface area contributed by atoms with Gasteiger partial charge >= 0.3 is 0 Å². The average Bonchev–Trinajstić information content (AvgIpc) is 3.13. The van der Waals surface area contributed by atoms with Crippen LogP contribution >= 0.6 is 0 Å². The molecule has 2 aliphatic heterocycles. The van der Waals surface area contributed by atoms with Crippen LogP contribution < -0.4 is 15.0 Å². The summed E-state index contributed by atoms with van der Waals surface area (Å²) in [6.45, 7) is 6.86. The van der Waals surface area contributed by atoms with Gasteiger partial charge < -0.3 is 19.7 Å². The standard InChI is InChI=1S/C24H31N3O3/c1-18-4-3-5-21(14-18)30-17-24(28)25-16-23(27-10-12-29-13-11-27)19-6-7-22-20(15-19)8-9-26(22)2/h3-7,14-15,23H,8-13,16-17H2,1-2H3,(H,25,28)/t23-/m0/s1. The molecule has 1 amide bonds. The number of ether oxygens (including phenoxy) is 2. The number of nitrogens with one attached hydrogen (secondary N) is 1. The summed E-state index contributed by atoms with van der Waals surface area (Å²) in [5, 5.41) is 3.08. The summed E-state index contributed by atoms with van der Waals surface area (Å²) in [4.78, 5) is 17.2. The van der Waals surface area contributed by atoms with Crippen molar-refractivity contribution in [1.29, 1.82) is 0 Å². The van der Waals surface area contributed by atoms with Gasteiger partial charge in [0.15, 0.2) is 6.61 Å². The van der Waals surface area contributed by atoms with Crippen LogP contribution in [0.15, 0.2) is 42.5 Å². The molecule has 0 aliphatic carbocycles. The number of amides is 1.